The molecular formula is C22H25N5O4S. The van der Waals surface area contributed by atoms with Crippen LogP contribution in [0.25, 0.3) is 0 Å². The highest BCUT2D eigenvalue weighted by Crippen LogP contribution is 2.22. The summed E-state index contributed by atoms with van der Waals surface area (Å²) in [4.78, 5) is 39.0. The number of carbonyl (C=O) groups is 2. The van der Waals surface area contributed by atoms with Crippen LogP contribution in [0.1, 0.15) is 29.3 Å². The molecule has 0 bridgehead atoms. The van der Waals surface area contributed by atoms with Crippen molar-refractivity contribution in [1.29, 1.82) is 0 Å². The van der Waals surface area contributed by atoms with Crippen molar-refractivity contribution < 1.29 is 14.5 Å². The number of carbonyl (C=O) groups excluding carboxylic acids is 2. The van der Waals surface area contributed by atoms with Crippen LogP contribution in [0.3, 0.4) is 0 Å². The van der Waals surface area contributed by atoms with Crippen molar-refractivity contribution in [1.82, 2.24) is 10.2 Å². The van der Waals surface area contributed by atoms with Gasteiger partial charge in [0.25, 0.3) is 11.6 Å². The second-order valence-electron chi connectivity index (χ2n) is 7.38. The van der Waals surface area contributed by atoms with E-state index in [0.717, 1.165) is 18.8 Å². The normalized spacial score (nSPS) is 13.4. The van der Waals surface area contributed by atoms with Gasteiger partial charge in [0.05, 0.1) is 4.92 Å². The van der Waals surface area contributed by atoms with Crippen LogP contribution in [0, 0.1) is 17.0 Å². The molecule has 2 aromatic carbocycles. The van der Waals surface area contributed by atoms with Gasteiger partial charge in [0, 0.05) is 61.2 Å². The number of thiocarbonyl (C=S) groups is 1. The summed E-state index contributed by atoms with van der Waals surface area (Å²) in [7, 11) is 0. The minimum Gasteiger partial charge on any atom is -0.368 e. The Morgan fingerprint density at radius 3 is 2.34 bits per heavy atom. The number of piperazine rings is 1. The molecule has 1 saturated heterocycles. The molecule has 3 rings (SSSR count). The van der Waals surface area contributed by atoms with Crippen molar-refractivity contribution in [2.24, 2.45) is 0 Å². The molecule has 1 aliphatic rings. The number of nitro groups is 1. The predicted molar refractivity (Wildman–Crippen MR) is 127 cm³/mol. The molecule has 168 valence electrons. The second-order valence-corrected chi connectivity index (χ2v) is 7.79. The summed E-state index contributed by atoms with van der Waals surface area (Å²) >= 11 is 5.22. The van der Waals surface area contributed by atoms with Crippen LogP contribution in [-0.4, -0.2) is 52.9 Å². The van der Waals surface area contributed by atoms with E-state index in [1.54, 1.807) is 0 Å². The van der Waals surface area contributed by atoms with Gasteiger partial charge >= 0.3 is 0 Å². The number of benzene rings is 2. The van der Waals surface area contributed by atoms with Gasteiger partial charge in [-0.05, 0) is 49.5 Å². The molecule has 0 atom stereocenters. The number of nitrogens with one attached hydrogen (secondary N) is 2. The molecule has 0 aliphatic carbocycles. The van der Waals surface area contributed by atoms with Gasteiger partial charge in [0.1, 0.15) is 0 Å². The Morgan fingerprint density at radius 1 is 1.09 bits per heavy atom. The summed E-state index contributed by atoms with van der Waals surface area (Å²) in [6, 6.07) is 12.0. The molecule has 0 saturated carbocycles. The van der Waals surface area contributed by atoms with Gasteiger partial charge in [-0.25, -0.2) is 0 Å². The molecule has 9 nitrogen and oxygen atoms in total. The molecule has 0 spiro atoms. The molecule has 1 aliphatic heterocycles. The zero-order valence-electron chi connectivity index (χ0n) is 18.0. The van der Waals surface area contributed by atoms with Gasteiger partial charge in [0.15, 0.2) is 5.11 Å². The molecular weight excluding hydrogens is 430 g/mol. The number of hydrogen-bond acceptors (Lipinski definition) is 6. The Kier molecular flexibility index (Phi) is 7.37. The van der Waals surface area contributed by atoms with Crippen LogP contribution in [0.4, 0.5) is 17.1 Å². The van der Waals surface area contributed by atoms with Gasteiger partial charge in [-0.1, -0.05) is 13.0 Å². The van der Waals surface area contributed by atoms with Crippen LogP contribution in [-0.2, 0) is 4.79 Å². The molecule has 1 fully saturated rings. The minimum absolute atomic E-state index is 0.0975. The predicted octanol–water partition coefficient (Wildman–Crippen LogP) is 3.09. The Bertz CT molecular complexity index is 1030. The Hall–Kier alpha value is -3.53. The summed E-state index contributed by atoms with van der Waals surface area (Å²) in [6.07, 6.45) is 0.525. The first-order valence-corrected chi connectivity index (χ1v) is 10.7. The van der Waals surface area contributed by atoms with E-state index in [4.69, 9.17) is 12.2 Å². The molecule has 10 heteroatoms. The number of anilines is 2. The first-order valence-electron chi connectivity index (χ1n) is 10.3. The van der Waals surface area contributed by atoms with Crippen LogP contribution in [0.15, 0.2) is 42.5 Å². The Morgan fingerprint density at radius 2 is 1.75 bits per heavy atom. The lowest BCUT2D eigenvalue weighted by atomic mass is 10.1. The van der Waals surface area contributed by atoms with E-state index in [1.165, 1.54) is 25.1 Å². The summed E-state index contributed by atoms with van der Waals surface area (Å²) < 4.78 is 0. The monoisotopic (exact) mass is 455 g/mol. The summed E-state index contributed by atoms with van der Waals surface area (Å²) in [6.45, 7) is 6.36. The van der Waals surface area contributed by atoms with E-state index in [0.29, 0.717) is 25.2 Å². The fourth-order valence-electron chi connectivity index (χ4n) is 3.59. The molecule has 2 amide bonds. The third-order valence-corrected chi connectivity index (χ3v) is 5.60. The van der Waals surface area contributed by atoms with Crippen molar-refractivity contribution in [3.8, 4) is 0 Å². The number of nitrogens with zero attached hydrogens (tertiary/aromatic N) is 3. The molecule has 1 heterocycles. The van der Waals surface area contributed by atoms with Crippen LogP contribution >= 0.6 is 12.2 Å². The Balaban J connectivity index is 1.56. The molecule has 32 heavy (non-hydrogen) atoms. The summed E-state index contributed by atoms with van der Waals surface area (Å²) in [5.74, 6) is -0.333. The average molecular weight is 456 g/mol. The zero-order chi connectivity index (χ0) is 23.3. The summed E-state index contributed by atoms with van der Waals surface area (Å²) in [5, 5.41) is 16.7. The van der Waals surface area contributed by atoms with Crippen molar-refractivity contribution in [3.63, 3.8) is 0 Å². The Labute approximate surface area is 191 Å². The number of rotatable bonds is 5. The number of nitro benzene ring substituents is 1. The highest BCUT2D eigenvalue weighted by molar-refractivity contribution is 7.80. The van der Waals surface area contributed by atoms with Gasteiger partial charge < -0.3 is 15.1 Å². The van der Waals surface area contributed by atoms with E-state index in [2.05, 4.69) is 15.5 Å². The highest BCUT2D eigenvalue weighted by atomic mass is 32.1. The van der Waals surface area contributed by atoms with Crippen molar-refractivity contribution >= 4 is 46.2 Å². The maximum atomic E-state index is 12.5. The second kappa shape index (κ2) is 10.2. The lowest BCUT2D eigenvalue weighted by molar-refractivity contribution is -0.385. The van der Waals surface area contributed by atoms with Gasteiger partial charge in [-0.15, -0.1) is 0 Å². The van der Waals surface area contributed by atoms with Crippen LogP contribution in [0.5, 0.6) is 0 Å². The summed E-state index contributed by atoms with van der Waals surface area (Å²) in [5.41, 5.74) is 2.10. The lowest BCUT2D eigenvalue weighted by Crippen LogP contribution is -2.48. The van der Waals surface area contributed by atoms with Crippen molar-refractivity contribution in [2.45, 2.75) is 20.3 Å². The van der Waals surface area contributed by atoms with E-state index in [9.17, 15) is 19.7 Å². The fraction of sp³-hybridized carbons (Fsp3) is 0.318. The largest absolute Gasteiger partial charge is 0.368 e. The maximum Gasteiger partial charge on any atom is 0.273 e. The molecule has 0 aromatic heterocycles. The third-order valence-electron chi connectivity index (χ3n) is 5.40. The van der Waals surface area contributed by atoms with Gasteiger partial charge in [-0.2, -0.15) is 0 Å². The van der Waals surface area contributed by atoms with Crippen molar-refractivity contribution in [2.75, 3.05) is 36.4 Å². The molecule has 2 N–H and O–H groups in total. The molecule has 0 unspecified atom stereocenters. The SMILES string of the molecule is CCC(=O)N1CCN(c2ccc(NC(=S)NC(=O)c3cccc([N+](=O)[O-])c3C)cc2)CC1. The van der Waals surface area contributed by atoms with Gasteiger partial charge in [-0.3, -0.25) is 25.0 Å². The molecule has 0 radical (unpaired) electrons. The first-order chi connectivity index (χ1) is 15.3. The standard InChI is InChI=1S/C22H25N5O4S/c1-3-20(28)26-13-11-25(12-14-26)17-9-7-16(8-10-17)23-22(32)24-21(29)18-5-4-6-19(15(18)2)27(30)31/h4-10H,3,11-14H2,1-2H3,(H2,23,24,29,32). The number of hydrogen-bond donors (Lipinski definition) is 2. The van der Waals surface area contributed by atoms with E-state index < -0.39 is 10.8 Å². The van der Waals surface area contributed by atoms with Crippen molar-refractivity contribution in [3.05, 3.63) is 63.7 Å². The quantitative estimate of drug-likeness (QED) is 0.405. The van der Waals surface area contributed by atoms with E-state index >= 15 is 0 Å². The smallest absolute Gasteiger partial charge is 0.273 e. The minimum atomic E-state index is -0.522. The fourth-order valence-corrected chi connectivity index (χ4v) is 3.80. The van der Waals surface area contributed by atoms with E-state index in [-0.39, 0.29) is 27.8 Å². The van der Waals surface area contributed by atoms with Crippen LogP contribution in [0.2, 0.25) is 0 Å². The third kappa shape index (κ3) is 5.38. The van der Waals surface area contributed by atoms with E-state index in [1.807, 2.05) is 36.1 Å². The average Bonchev–Trinajstić information content (AvgIpc) is 2.79. The number of amides is 2. The van der Waals surface area contributed by atoms with Gasteiger partial charge in [0.2, 0.25) is 5.91 Å². The highest BCUT2D eigenvalue weighted by Gasteiger charge is 2.21. The first kappa shape index (κ1) is 23.1. The lowest BCUT2D eigenvalue weighted by Gasteiger charge is -2.36. The topological polar surface area (TPSA) is 108 Å². The van der Waals surface area contributed by atoms with Crippen LogP contribution < -0.4 is 15.5 Å². The molecule has 2 aromatic rings. The maximum absolute atomic E-state index is 12.5. The zero-order valence-corrected chi connectivity index (χ0v) is 18.8.